The van der Waals surface area contributed by atoms with Gasteiger partial charge < -0.3 is 10.0 Å². The van der Waals surface area contributed by atoms with Gasteiger partial charge in [0.2, 0.25) is 5.91 Å². The lowest BCUT2D eigenvalue weighted by Gasteiger charge is -2.19. The number of alkyl halides is 3. The average molecular weight is 227 g/mol. The second-order valence-electron chi connectivity index (χ2n) is 3.18. The Balaban J connectivity index is 4.17. The molecule has 0 rings (SSSR count). The Labute approximate surface area is 84.7 Å². The van der Waals surface area contributed by atoms with Gasteiger partial charge in [0.25, 0.3) is 0 Å². The van der Waals surface area contributed by atoms with Crippen molar-refractivity contribution in [3.05, 3.63) is 0 Å². The maximum Gasteiger partial charge on any atom is 0.390 e. The quantitative estimate of drug-likeness (QED) is 0.732. The largest absolute Gasteiger partial charge is 0.481 e. The molecule has 1 amide bonds. The number of hydrogen-bond donors (Lipinski definition) is 1. The Bertz CT molecular complexity index is 252. The van der Waals surface area contributed by atoms with Gasteiger partial charge in [0.15, 0.2) is 0 Å². The van der Waals surface area contributed by atoms with Gasteiger partial charge in [0.05, 0.1) is 6.42 Å². The van der Waals surface area contributed by atoms with Crippen LogP contribution in [0, 0.1) is 5.92 Å². The molecule has 15 heavy (non-hydrogen) atoms. The SMILES string of the molecule is CC(C(=O)O)C(=O)N(C)CCC(F)(F)F. The van der Waals surface area contributed by atoms with Crippen molar-refractivity contribution < 1.29 is 27.9 Å². The van der Waals surface area contributed by atoms with Gasteiger partial charge in [-0.3, -0.25) is 9.59 Å². The number of carbonyl (C=O) groups excluding carboxylic acids is 1. The van der Waals surface area contributed by atoms with Crippen LogP contribution >= 0.6 is 0 Å². The topological polar surface area (TPSA) is 57.6 Å². The summed E-state index contributed by atoms with van der Waals surface area (Å²) in [6.45, 7) is 0.606. The van der Waals surface area contributed by atoms with Crippen LogP contribution in [0.15, 0.2) is 0 Å². The molecule has 88 valence electrons. The number of amides is 1. The minimum absolute atomic E-state index is 0.528. The van der Waals surface area contributed by atoms with E-state index in [0.717, 1.165) is 18.9 Å². The summed E-state index contributed by atoms with van der Waals surface area (Å²) in [4.78, 5) is 22.3. The number of halogens is 3. The Kier molecular flexibility index (Phi) is 4.57. The smallest absolute Gasteiger partial charge is 0.390 e. The Morgan fingerprint density at radius 3 is 2.20 bits per heavy atom. The van der Waals surface area contributed by atoms with Crippen LogP contribution in [-0.2, 0) is 9.59 Å². The first-order chi connectivity index (χ1) is 6.65. The van der Waals surface area contributed by atoms with Gasteiger partial charge in [0.1, 0.15) is 5.92 Å². The zero-order chi connectivity index (χ0) is 12.2. The molecular formula is C8H12F3NO3. The molecule has 4 nitrogen and oxygen atoms in total. The first-order valence-corrected chi connectivity index (χ1v) is 4.19. The summed E-state index contributed by atoms with van der Waals surface area (Å²) in [6, 6.07) is 0. The Morgan fingerprint density at radius 2 is 1.87 bits per heavy atom. The molecule has 0 aliphatic rings. The highest BCUT2D eigenvalue weighted by atomic mass is 19.4. The van der Waals surface area contributed by atoms with Crippen LogP contribution < -0.4 is 0 Å². The summed E-state index contributed by atoms with van der Waals surface area (Å²) < 4.78 is 35.4. The highest BCUT2D eigenvalue weighted by Gasteiger charge is 2.30. The van der Waals surface area contributed by atoms with Crippen molar-refractivity contribution in [1.29, 1.82) is 0 Å². The van der Waals surface area contributed by atoms with E-state index < -0.39 is 36.9 Å². The summed E-state index contributed by atoms with van der Waals surface area (Å²) in [6.07, 6.45) is -5.48. The average Bonchev–Trinajstić information content (AvgIpc) is 2.10. The normalized spacial score (nSPS) is 13.4. The third-order valence-electron chi connectivity index (χ3n) is 1.85. The van der Waals surface area contributed by atoms with Gasteiger partial charge in [-0.15, -0.1) is 0 Å². The van der Waals surface area contributed by atoms with E-state index >= 15 is 0 Å². The molecule has 0 saturated carbocycles. The number of carboxylic acid groups (broad SMARTS) is 1. The maximum absolute atomic E-state index is 11.8. The van der Waals surface area contributed by atoms with Gasteiger partial charge in [-0.1, -0.05) is 0 Å². The second-order valence-corrected chi connectivity index (χ2v) is 3.18. The minimum atomic E-state index is -4.35. The van der Waals surface area contributed by atoms with Crippen LogP contribution in [0.4, 0.5) is 13.2 Å². The number of carbonyl (C=O) groups is 2. The van der Waals surface area contributed by atoms with Gasteiger partial charge in [-0.25, -0.2) is 0 Å². The molecule has 0 fully saturated rings. The molecule has 0 radical (unpaired) electrons. The van der Waals surface area contributed by atoms with E-state index in [1.807, 2.05) is 0 Å². The maximum atomic E-state index is 11.8. The second kappa shape index (κ2) is 4.99. The number of rotatable bonds is 4. The van der Waals surface area contributed by atoms with E-state index in [4.69, 9.17) is 5.11 Å². The van der Waals surface area contributed by atoms with E-state index in [1.165, 1.54) is 0 Å². The van der Waals surface area contributed by atoms with Gasteiger partial charge in [-0.2, -0.15) is 13.2 Å². The zero-order valence-electron chi connectivity index (χ0n) is 8.34. The highest BCUT2D eigenvalue weighted by Crippen LogP contribution is 2.19. The van der Waals surface area contributed by atoms with Crippen LogP contribution in [-0.4, -0.2) is 41.7 Å². The summed E-state index contributed by atoms with van der Waals surface area (Å²) >= 11 is 0. The van der Waals surface area contributed by atoms with E-state index in [-0.39, 0.29) is 0 Å². The van der Waals surface area contributed by atoms with Gasteiger partial charge in [0, 0.05) is 13.6 Å². The predicted molar refractivity (Wildman–Crippen MR) is 45.1 cm³/mol. The van der Waals surface area contributed by atoms with Crippen molar-refractivity contribution in [1.82, 2.24) is 4.90 Å². The van der Waals surface area contributed by atoms with E-state index in [9.17, 15) is 22.8 Å². The highest BCUT2D eigenvalue weighted by molar-refractivity contribution is 5.96. The summed E-state index contributed by atoms with van der Waals surface area (Å²) in [5.41, 5.74) is 0. The molecule has 0 heterocycles. The number of carboxylic acids is 1. The first kappa shape index (κ1) is 13.7. The van der Waals surface area contributed by atoms with Gasteiger partial charge >= 0.3 is 12.1 Å². The molecule has 7 heteroatoms. The van der Waals surface area contributed by atoms with Crippen molar-refractivity contribution in [3.8, 4) is 0 Å². The van der Waals surface area contributed by atoms with Crippen LogP contribution in [0.5, 0.6) is 0 Å². The monoisotopic (exact) mass is 227 g/mol. The molecule has 0 bridgehead atoms. The number of aliphatic carboxylic acids is 1. The fourth-order valence-electron chi connectivity index (χ4n) is 0.841. The molecule has 1 N–H and O–H groups in total. The summed E-state index contributed by atoms with van der Waals surface area (Å²) in [5, 5.41) is 8.46. The predicted octanol–water partition coefficient (Wildman–Crippen LogP) is 1.12. The third-order valence-corrected chi connectivity index (χ3v) is 1.85. The number of hydrogen-bond acceptors (Lipinski definition) is 2. The fraction of sp³-hybridized carbons (Fsp3) is 0.750. The van der Waals surface area contributed by atoms with E-state index in [2.05, 4.69) is 0 Å². The standard InChI is InChI=1S/C8H12F3NO3/c1-5(7(14)15)6(13)12(2)4-3-8(9,10)11/h5H,3-4H2,1-2H3,(H,14,15). The molecule has 0 aliphatic carbocycles. The minimum Gasteiger partial charge on any atom is -0.481 e. The lowest BCUT2D eigenvalue weighted by atomic mass is 10.1. The van der Waals surface area contributed by atoms with Crippen molar-refractivity contribution in [3.63, 3.8) is 0 Å². The van der Waals surface area contributed by atoms with Crippen molar-refractivity contribution in [2.45, 2.75) is 19.5 Å². The molecule has 0 spiro atoms. The van der Waals surface area contributed by atoms with Crippen LogP contribution in [0.2, 0.25) is 0 Å². The third kappa shape index (κ3) is 5.24. The Hall–Kier alpha value is -1.27. The first-order valence-electron chi connectivity index (χ1n) is 4.19. The molecule has 1 atom stereocenters. The van der Waals surface area contributed by atoms with Crippen molar-refractivity contribution >= 4 is 11.9 Å². The molecule has 0 aromatic rings. The lowest BCUT2D eigenvalue weighted by Crippen LogP contribution is -2.37. The molecule has 0 saturated heterocycles. The fourth-order valence-corrected chi connectivity index (χ4v) is 0.841. The van der Waals surface area contributed by atoms with Crippen LogP contribution in [0.25, 0.3) is 0 Å². The van der Waals surface area contributed by atoms with Crippen LogP contribution in [0.1, 0.15) is 13.3 Å². The zero-order valence-corrected chi connectivity index (χ0v) is 8.34. The summed E-state index contributed by atoms with van der Waals surface area (Å²) in [5.74, 6) is -3.49. The lowest BCUT2D eigenvalue weighted by molar-refractivity contribution is -0.152. The molecule has 0 aliphatic heterocycles. The molecule has 0 aromatic carbocycles. The summed E-state index contributed by atoms with van der Waals surface area (Å²) in [7, 11) is 1.15. The van der Waals surface area contributed by atoms with Crippen molar-refractivity contribution in [2.24, 2.45) is 5.92 Å². The van der Waals surface area contributed by atoms with Crippen LogP contribution in [0.3, 0.4) is 0 Å². The molecule has 1 unspecified atom stereocenters. The number of nitrogens with zero attached hydrogens (tertiary/aromatic N) is 1. The van der Waals surface area contributed by atoms with E-state index in [0.29, 0.717) is 0 Å². The van der Waals surface area contributed by atoms with E-state index in [1.54, 1.807) is 0 Å². The molecule has 0 aromatic heterocycles. The molecular weight excluding hydrogens is 215 g/mol. The Morgan fingerprint density at radius 1 is 1.40 bits per heavy atom. The van der Waals surface area contributed by atoms with Crippen molar-refractivity contribution in [2.75, 3.05) is 13.6 Å². The van der Waals surface area contributed by atoms with Gasteiger partial charge in [-0.05, 0) is 6.92 Å².